The van der Waals surface area contributed by atoms with Crippen molar-refractivity contribution < 1.29 is 4.42 Å². The van der Waals surface area contributed by atoms with E-state index in [9.17, 15) is 0 Å². The summed E-state index contributed by atoms with van der Waals surface area (Å²) >= 11 is 0. The molecule has 0 radical (unpaired) electrons. The van der Waals surface area contributed by atoms with E-state index < -0.39 is 0 Å². The minimum Gasteiger partial charge on any atom is -0.455 e. The highest BCUT2D eigenvalue weighted by atomic mass is 16.3. The van der Waals surface area contributed by atoms with Crippen molar-refractivity contribution in [2.24, 2.45) is 0 Å². The Labute approximate surface area is 263 Å². The average molecular weight is 576 g/mol. The van der Waals surface area contributed by atoms with Gasteiger partial charge in [-0.2, -0.15) is 0 Å². The third-order valence-corrected chi connectivity index (χ3v) is 8.33. The van der Waals surface area contributed by atoms with Gasteiger partial charge >= 0.3 is 0 Å². The van der Waals surface area contributed by atoms with Crippen molar-refractivity contribution in [3.63, 3.8) is 0 Å². The van der Waals surface area contributed by atoms with E-state index in [0.29, 0.717) is 0 Å². The first-order chi connectivity index (χ1) is 22.3. The Morgan fingerprint density at radius 3 is 2.07 bits per heavy atom. The fraction of sp³-hybridized carbons (Fsp3) is 0.0233. The molecule has 0 bridgehead atoms. The Hall–Kier alpha value is -6.04. The van der Waals surface area contributed by atoms with Crippen LogP contribution in [0.3, 0.4) is 0 Å². The summed E-state index contributed by atoms with van der Waals surface area (Å²) in [7, 11) is 0. The number of rotatable bonds is 6. The molecule has 1 aliphatic rings. The van der Waals surface area contributed by atoms with E-state index >= 15 is 0 Å². The highest BCUT2D eigenvalue weighted by Crippen LogP contribution is 2.41. The Balaban J connectivity index is 1.25. The zero-order valence-electron chi connectivity index (χ0n) is 24.6. The molecule has 8 rings (SSSR count). The van der Waals surface area contributed by atoms with Gasteiger partial charge in [0.1, 0.15) is 11.2 Å². The predicted octanol–water partition coefficient (Wildman–Crippen LogP) is 11.7. The number of anilines is 2. The van der Waals surface area contributed by atoms with Gasteiger partial charge in [0.15, 0.2) is 0 Å². The van der Waals surface area contributed by atoms with Crippen molar-refractivity contribution in [2.75, 3.05) is 5.32 Å². The Morgan fingerprint density at radius 2 is 1.24 bits per heavy atom. The van der Waals surface area contributed by atoms with Crippen LogP contribution in [-0.2, 0) is 0 Å². The zero-order valence-corrected chi connectivity index (χ0v) is 24.6. The third kappa shape index (κ3) is 5.12. The van der Waals surface area contributed by atoms with E-state index in [1.54, 1.807) is 0 Å². The van der Waals surface area contributed by atoms with Gasteiger partial charge in [0.05, 0.1) is 5.69 Å². The van der Waals surface area contributed by atoms with Crippen molar-refractivity contribution in [3.05, 3.63) is 163 Å². The monoisotopic (exact) mass is 575 g/mol. The van der Waals surface area contributed by atoms with Crippen molar-refractivity contribution in [1.82, 2.24) is 0 Å². The number of hydrogen-bond acceptors (Lipinski definition) is 2. The molecule has 2 heteroatoms. The van der Waals surface area contributed by atoms with Crippen molar-refractivity contribution in [3.8, 4) is 45.2 Å². The number of allylic oxidation sites excluding steroid dienone is 4. The van der Waals surface area contributed by atoms with Gasteiger partial charge in [-0.1, -0.05) is 133 Å². The third-order valence-electron chi connectivity index (χ3n) is 8.33. The molecule has 1 aliphatic carbocycles. The maximum Gasteiger partial charge on any atom is 0.143 e. The molecule has 212 valence electrons. The molecule has 45 heavy (non-hydrogen) atoms. The van der Waals surface area contributed by atoms with Gasteiger partial charge in [-0.25, -0.2) is 0 Å². The molecule has 0 fully saturated rings. The second-order valence-electron chi connectivity index (χ2n) is 11.2. The minimum atomic E-state index is 0.742. The molecule has 0 atom stereocenters. The topological polar surface area (TPSA) is 25.2 Å². The lowest BCUT2D eigenvalue weighted by Crippen LogP contribution is -2.00. The van der Waals surface area contributed by atoms with E-state index in [0.717, 1.165) is 78.7 Å². The van der Waals surface area contributed by atoms with E-state index in [2.05, 4.69) is 163 Å². The second kappa shape index (κ2) is 11.6. The fourth-order valence-corrected chi connectivity index (χ4v) is 6.12. The molecule has 0 spiro atoms. The molecule has 6 aromatic carbocycles. The minimum absolute atomic E-state index is 0.742. The maximum absolute atomic E-state index is 6.33. The molecule has 0 amide bonds. The summed E-state index contributed by atoms with van der Waals surface area (Å²) in [5.41, 5.74) is 12.7. The first kappa shape index (κ1) is 26.6. The van der Waals surface area contributed by atoms with Crippen LogP contribution in [0.1, 0.15) is 12.0 Å². The highest BCUT2D eigenvalue weighted by molar-refractivity contribution is 6.09. The van der Waals surface area contributed by atoms with E-state index in [1.807, 2.05) is 12.1 Å². The number of para-hydroxylation sites is 2. The quantitative estimate of drug-likeness (QED) is 0.200. The number of nitrogens with one attached hydrogen (secondary N) is 1. The standard InChI is InChI=1S/C43H29NO/c1-2-6-17-31(16-5-1)39-28-34(30-14-7-3-8-15-30)29-40(32-18-9-4-10-19-32)42(39)44-35-26-24-33(25-27-35)36-21-13-22-38-37-20-11-12-23-41(37)45-43(36)38/h1,3-5,7-16,18-29,44H,2H2. The van der Waals surface area contributed by atoms with Crippen molar-refractivity contribution in [1.29, 1.82) is 0 Å². The van der Waals surface area contributed by atoms with E-state index in [4.69, 9.17) is 4.42 Å². The average Bonchev–Trinajstić information content (AvgIpc) is 3.27. The Bertz CT molecular complexity index is 2290. The largest absolute Gasteiger partial charge is 0.455 e. The molecule has 0 unspecified atom stereocenters. The summed E-state index contributed by atoms with van der Waals surface area (Å²) in [5, 5.41) is 6.09. The van der Waals surface area contributed by atoms with Crippen LogP contribution in [0.2, 0.25) is 0 Å². The number of fused-ring (bicyclic) bond motifs is 3. The van der Waals surface area contributed by atoms with Gasteiger partial charge in [0, 0.05) is 45.1 Å². The van der Waals surface area contributed by atoms with Crippen LogP contribution < -0.4 is 5.32 Å². The van der Waals surface area contributed by atoms with Gasteiger partial charge in [-0.05, 0) is 58.7 Å². The lowest BCUT2D eigenvalue weighted by atomic mass is 9.90. The van der Waals surface area contributed by atoms with E-state index in [-0.39, 0.29) is 0 Å². The summed E-state index contributed by atoms with van der Waals surface area (Å²) in [6, 6.07) is 48.9. The fourth-order valence-electron chi connectivity index (χ4n) is 6.12. The molecule has 1 heterocycles. The van der Waals surface area contributed by atoms with Crippen LogP contribution in [0, 0.1) is 11.8 Å². The lowest BCUT2D eigenvalue weighted by Gasteiger charge is -2.20. The summed E-state index contributed by atoms with van der Waals surface area (Å²) in [4.78, 5) is 0. The lowest BCUT2D eigenvalue weighted by molar-refractivity contribution is 0.670. The molecule has 0 saturated heterocycles. The summed E-state index contributed by atoms with van der Waals surface area (Å²) in [6.07, 6.45) is 7.07. The van der Waals surface area contributed by atoms with E-state index in [1.165, 1.54) is 5.56 Å². The van der Waals surface area contributed by atoms with Gasteiger partial charge in [-0.15, -0.1) is 0 Å². The summed E-state index contributed by atoms with van der Waals surface area (Å²) < 4.78 is 6.33. The second-order valence-corrected chi connectivity index (χ2v) is 11.2. The van der Waals surface area contributed by atoms with Crippen LogP contribution in [0.5, 0.6) is 0 Å². The molecule has 1 N–H and O–H groups in total. The van der Waals surface area contributed by atoms with Crippen molar-refractivity contribution >= 4 is 38.9 Å². The molecule has 0 saturated carbocycles. The van der Waals surface area contributed by atoms with Gasteiger partial charge in [0.25, 0.3) is 0 Å². The van der Waals surface area contributed by atoms with Crippen LogP contribution in [-0.4, -0.2) is 0 Å². The zero-order chi connectivity index (χ0) is 30.0. The Morgan fingerprint density at radius 1 is 0.556 bits per heavy atom. The molecular formula is C43H29NO. The molecule has 2 nitrogen and oxygen atoms in total. The van der Waals surface area contributed by atoms with Crippen LogP contribution in [0.25, 0.3) is 60.9 Å². The van der Waals surface area contributed by atoms with Gasteiger partial charge in [-0.3, -0.25) is 0 Å². The maximum atomic E-state index is 6.33. The first-order valence-corrected chi connectivity index (χ1v) is 15.2. The molecular weight excluding hydrogens is 546 g/mol. The Kier molecular flexibility index (Phi) is 6.83. The SMILES string of the molecule is C1#CC(c2cc(-c3ccccc3)cc(-c3ccccc3)c2Nc2ccc(-c3cccc4c3oc3ccccc34)cc2)=CC=CC1. The smallest absolute Gasteiger partial charge is 0.143 e. The van der Waals surface area contributed by atoms with Crippen LogP contribution in [0.4, 0.5) is 11.4 Å². The van der Waals surface area contributed by atoms with Gasteiger partial charge in [0.2, 0.25) is 0 Å². The molecule has 1 aromatic heterocycles. The first-order valence-electron chi connectivity index (χ1n) is 15.2. The number of hydrogen-bond donors (Lipinski definition) is 1. The van der Waals surface area contributed by atoms with Crippen LogP contribution >= 0.6 is 0 Å². The number of furan rings is 1. The normalized spacial score (nSPS) is 12.4. The van der Waals surface area contributed by atoms with Crippen LogP contribution in [0.15, 0.2) is 162 Å². The summed E-state index contributed by atoms with van der Waals surface area (Å²) in [5.74, 6) is 6.75. The molecule has 0 aliphatic heterocycles. The number of benzene rings is 6. The molecule has 7 aromatic rings. The predicted molar refractivity (Wildman–Crippen MR) is 189 cm³/mol. The van der Waals surface area contributed by atoms with Crippen molar-refractivity contribution in [2.45, 2.75) is 6.42 Å². The highest BCUT2D eigenvalue weighted by Gasteiger charge is 2.17. The van der Waals surface area contributed by atoms with Gasteiger partial charge < -0.3 is 9.73 Å². The summed E-state index contributed by atoms with van der Waals surface area (Å²) in [6.45, 7) is 0.